The number of hydrogen-bond acceptors (Lipinski definition) is 8. The lowest BCUT2D eigenvalue weighted by atomic mass is 10.2. The average Bonchev–Trinajstić information content (AvgIpc) is 2.40. The highest BCUT2D eigenvalue weighted by molar-refractivity contribution is 5.59. The molecule has 0 spiro atoms. The Morgan fingerprint density at radius 1 is 0.652 bits per heavy atom. The van der Waals surface area contributed by atoms with Crippen LogP contribution in [-0.4, -0.2) is 36.7 Å². The SMILES string of the molecule is CC(C)(C)OOC(=O)OCCCCCOC(=O)OOC(C)(C)C. The van der Waals surface area contributed by atoms with E-state index in [2.05, 4.69) is 9.78 Å². The second-order valence-corrected chi connectivity index (χ2v) is 6.82. The first-order valence-corrected chi connectivity index (χ1v) is 7.54. The molecule has 0 fully saturated rings. The Morgan fingerprint density at radius 2 is 1.00 bits per heavy atom. The van der Waals surface area contributed by atoms with Gasteiger partial charge in [-0.05, 0) is 60.8 Å². The molecular weight excluding hydrogens is 308 g/mol. The molecule has 0 heterocycles. The molecule has 23 heavy (non-hydrogen) atoms. The van der Waals surface area contributed by atoms with Gasteiger partial charge in [-0.1, -0.05) is 0 Å². The lowest BCUT2D eigenvalue weighted by Gasteiger charge is -2.16. The summed E-state index contributed by atoms with van der Waals surface area (Å²) in [5.41, 5.74) is -1.16. The van der Waals surface area contributed by atoms with Crippen LogP contribution in [0.1, 0.15) is 60.8 Å². The van der Waals surface area contributed by atoms with E-state index in [0.717, 1.165) is 0 Å². The quantitative estimate of drug-likeness (QED) is 0.285. The Labute approximate surface area is 137 Å². The molecule has 0 saturated carbocycles. The lowest BCUT2D eigenvalue weighted by molar-refractivity contribution is -0.312. The van der Waals surface area contributed by atoms with Gasteiger partial charge < -0.3 is 9.47 Å². The van der Waals surface area contributed by atoms with E-state index in [9.17, 15) is 9.59 Å². The Balaban J connectivity index is 3.46. The van der Waals surface area contributed by atoms with Gasteiger partial charge in [-0.2, -0.15) is 9.78 Å². The van der Waals surface area contributed by atoms with Crippen molar-refractivity contribution >= 4 is 12.3 Å². The predicted octanol–water partition coefficient (Wildman–Crippen LogP) is 3.92. The zero-order valence-corrected chi connectivity index (χ0v) is 14.8. The molecule has 0 amide bonds. The van der Waals surface area contributed by atoms with Gasteiger partial charge in [0.1, 0.15) is 11.2 Å². The molecule has 0 saturated heterocycles. The van der Waals surface area contributed by atoms with Crippen molar-refractivity contribution in [1.29, 1.82) is 0 Å². The number of unbranched alkanes of at least 4 members (excludes halogenated alkanes) is 2. The number of carbonyl (C=O) groups is 2. The maximum Gasteiger partial charge on any atom is 0.540 e. The Kier molecular flexibility index (Phi) is 9.59. The maximum atomic E-state index is 11.2. The zero-order valence-electron chi connectivity index (χ0n) is 14.8. The third-order valence-corrected chi connectivity index (χ3v) is 1.95. The Bertz CT molecular complexity index is 319. The molecule has 0 aromatic heterocycles. The second-order valence-electron chi connectivity index (χ2n) is 6.82. The molecule has 0 atom stereocenters. The number of carbonyl (C=O) groups excluding carboxylic acids is 2. The number of ether oxygens (including phenoxy) is 2. The summed E-state index contributed by atoms with van der Waals surface area (Å²) in [4.78, 5) is 40.8. The van der Waals surface area contributed by atoms with Crippen molar-refractivity contribution in [3.63, 3.8) is 0 Å². The molecule has 8 nitrogen and oxygen atoms in total. The lowest BCUT2D eigenvalue weighted by Crippen LogP contribution is -2.22. The first kappa shape index (κ1) is 21.5. The highest BCUT2D eigenvalue weighted by Gasteiger charge is 2.16. The van der Waals surface area contributed by atoms with E-state index in [0.29, 0.717) is 19.3 Å². The predicted molar refractivity (Wildman–Crippen MR) is 80.4 cm³/mol. The maximum absolute atomic E-state index is 11.2. The molecule has 0 aliphatic carbocycles. The molecule has 0 radical (unpaired) electrons. The van der Waals surface area contributed by atoms with Crippen molar-refractivity contribution in [2.24, 2.45) is 0 Å². The van der Waals surface area contributed by atoms with Crippen LogP contribution in [0.4, 0.5) is 9.59 Å². The van der Waals surface area contributed by atoms with Gasteiger partial charge in [0.05, 0.1) is 13.2 Å². The second kappa shape index (κ2) is 10.3. The third kappa shape index (κ3) is 16.7. The summed E-state index contributed by atoms with van der Waals surface area (Å²) in [6, 6.07) is 0. The fourth-order valence-corrected chi connectivity index (χ4v) is 1.06. The van der Waals surface area contributed by atoms with Crippen LogP contribution in [0.2, 0.25) is 0 Å². The summed E-state index contributed by atoms with van der Waals surface area (Å²) in [6.45, 7) is 10.9. The molecule has 0 aromatic carbocycles. The highest BCUT2D eigenvalue weighted by Crippen LogP contribution is 2.09. The summed E-state index contributed by atoms with van der Waals surface area (Å²) in [5.74, 6) is 0. The van der Waals surface area contributed by atoms with Crippen molar-refractivity contribution in [3.8, 4) is 0 Å². The number of rotatable bonds is 8. The van der Waals surface area contributed by atoms with Crippen LogP contribution >= 0.6 is 0 Å². The summed E-state index contributed by atoms with van der Waals surface area (Å²) in [7, 11) is 0. The molecule has 0 bridgehead atoms. The van der Waals surface area contributed by atoms with Gasteiger partial charge in [0.25, 0.3) is 0 Å². The van der Waals surface area contributed by atoms with Gasteiger partial charge in [0, 0.05) is 0 Å². The minimum Gasteiger partial charge on any atom is -0.432 e. The highest BCUT2D eigenvalue weighted by atomic mass is 17.2. The van der Waals surface area contributed by atoms with Crippen LogP contribution in [0.3, 0.4) is 0 Å². The van der Waals surface area contributed by atoms with Crippen molar-refractivity contribution in [1.82, 2.24) is 0 Å². The molecule has 0 aromatic rings. The monoisotopic (exact) mass is 336 g/mol. The van der Waals surface area contributed by atoms with E-state index >= 15 is 0 Å². The Hall–Kier alpha value is -1.54. The average molecular weight is 336 g/mol. The molecule has 136 valence electrons. The standard InChI is InChI=1S/C15H28O8/c1-14(2,3)22-20-12(16)18-10-8-7-9-11-19-13(17)21-23-15(4,5)6/h7-11H2,1-6H3. The smallest absolute Gasteiger partial charge is 0.432 e. The fourth-order valence-electron chi connectivity index (χ4n) is 1.06. The molecular formula is C15H28O8. The molecule has 0 N–H and O–H groups in total. The van der Waals surface area contributed by atoms with E-state index in [4.69, 9.17) is 19.2 Å². The van der Waals surface area contributed by atoms with Gasteiger partial charge in [-0.3, -0.25) is 9.78 Å². The van der Waals surface area contributed by atoms with Crippen LogP contribution in [0.5, 0.6) is 0 Å². The van der Waals surface area contributed by atoms with Gasteiger partial charge in [-0.25, -0.2) is 9.59 Å². The minimum absolute atomic E-state index is 0.198. The van der Waals surface area contributed by atoms with Crippen LogP contribution in [0, 0.1) is 0 Å². The molecule has 0 rings (SSSR count). The van der Waals surface area contributed by atoms with E-state index < -0.39 is 23.5 Å². The normalized spacial score (nSPS) is 11.7. The molecule has 0 aliphatic heterocycles. The first-order chi connectivity index (χ1) is 10.5. The molecule has 8 heteroatoms. The van der Waals surface area contributed by atoms with Gasteiger partial charge in [0.15, 0.2) is 0 Å². The first-order valence-electron chi connectivity index (χ1n) is 7.54. The molecule has 0 unspecified atom stereocenters. The van der Waals surface area contributed by atoms with Crippen LogP contribution in [0.15, 0.2) is 0 Å². The van der Waals surface area contributed by atoms with E-state index in [1.54, 1.807) is 41.5 Å². The largest absolute Gasteiger partial charge is 0.540 e. The summed E-state index contributed by atoms with van der Waals surface area (Å²) in [6.07, 6.45) is 0.183. The van der Waals surface area contributed by atoms with Crippen LogP contribution in [-0.2, 0) is 29.0 Å². The van der Waals surface area contributed by atoms with Crippen molar-refractivity contribution in [2.45, 2.75) is 72.0 Å². The molecule has 0 aliphatic rings. The summed E-state index contributed by atoms with van der Waals surface area (Å²) < 4.78 is 9.61. The summed E-state index contributed by atoms with van der Waals surface area (Å²) >= 11 is 0. The number of hydrogen-bond donors (Lipinski definition) is 0. The van der Waals surface area contributed by atoms with Crippen molar-refractivity contribution < 1.29 is 38.6 Å². The fraction of sp³-hybridized carbons (Fsp3) is 0.867. The van der Waals surface area contributed by atoms with Gasteiger partial charge >= 0.3 is 12.3 Å². The topological polar surface area (TPSA) is 89.5 Å². The van der Waals surface area contributed by atoms with Gasteiger partial charge in [0.2, 0.25) is 0 Å². The third-order valence-electron chi connectivity index (χ3n) is 1.95. The van der Waals surface area contributed by atoms with Crippen molar-refractivity contribution in [3.05, 3.63) is 0 Å². The minimum atomic E-state index is -0.876. The van der Waals surface area contributed by atoms with Gasteiger partial charge in [-0.15, -0.1) is 0 Å². The van der Waals surface area contributed by atoms with E-state index in [-0.39, 0.29) is 13.2 Å². The van der Waals surface area contributed by atoms with Crippen LogP contribution in [0.25, 0.3) is 0 Å². The Morgan fingerprint density at radius 3 is 1.30 bits per heavy atom. The zero-order chi connectivity index (χ0) is 17.9. The van der Waals surface area contributed by atoms with Crippen LogP contribution < -0.4 is 0 Å². The van der Waals surface area contributed by atoms with E-state index in [1.807, 2.05) is 0 Å². The summed E-state index contributed by atoms with van der Waals surface area (Å²) in [5, 5.41) is 0. The van der Waals surface area contributed by atoms with Crippen molar-refractivity contribution in [2.75, 3.05) is 13.2 Å². The van der Waals surface area contributed by atoms with E-state index in [1.165, 1.54) is 0 Å².